The molecule has 0 saturated carbocycles. The minimum absolute atomic E-state index is 0.104. The Balaban J connectivity index is 2.30. The molecule has 1 amide bonds. The monoisotopic (exact) mass is 271 g/mol. The first-order chi connectivity index (χ1) is 9.69. The number of hydrogen-bond donors (Lipinski definition) is 1. The molecule has 6 nitrogen and oxygen atoms in total. The smallest absolute Gasteiger partial charge is 0.344 e. The Morgan fingerprint density at radius 1 is 1.45 bits per heavy atom. The Hall–Kier alpha value is -2.55. The molecular weight excluding hydrogens is 254 g/mol. The highest BCUT2D eigenvalue weighted by Crippen LogP contribution is 2.18. The fourth-order valence-corrected chi connectivity index (χ4v) is 2.07. The molecule has 2 rings (SSSR count). The third-order valence-electron chi connectivity index (χ3n) is 3.11. The molecule has 0 atom stereocenters. The third kappa shape index (κ3) is 2.57. The number of aromatic nitrogens is 2. The van der Waals surface area contributed by atoms with E-state index >= 15 is 0 Å². The van der Waals surface area contributed by atoms with Gasteiger partial charge in [0.05, 0.1) is 11.0 Å². The van der Waals surface area contributed by atoms with Crippen LogP contribution in [0.15, 0.2) is 24.3 Å². The molecule has 0 aliphatic rings. The number of nitrogens with zero attached hydrogens (tertiary/aromatic N) is 4. The molecule has 104 valence electrons. The molecule has 1 aromatic heterocycles. The lowest BCUT2D eigenvalue weighted by Crippen LogP contribution is -2.32. The van der Waals surface area contributed by atoms with Crippen molar-refractivity contribution in [1.82, 2.24) is 14.5 Å². The van der Waals surface area contributed by atoms with Crippen LogP contribution in [0.4, 0.5) is 10.7 Å². The summed E-state index contributed by atoms with van der Waals surface area (Å²) in [6, 6.07) is 6.73. The molecule has 2 N–H and O–H groups in total. The van der Waals surface area contributed by atoms with Gasteiger partial charge >= 0.3 is 6.03 Å². The highest BCUT2D eigenvalue weighted by atomic mass is 16.2. The first-order valence-corrected chi connectivity index (χ1v) is 6.63. The van der Waals surface area contributed by atoms with Gasteiger partial charge in [-0.25, -0.2) is 19.2 Å². The topological polar surface area (TPSA) is 87.9 Å². The van der Waals surface area contributed by atoms with Crippen LogP contribution in [0.2, 0.25) is 0 Å². The number of nitriles is 1. The molecule has 20 heavy (non-hydrogen) atoms. The fraction of sp³-hybridized carbons (Fsp3) is 0.357. The number of anilines is 1. The molecule has 1 heterocycles. The molecule has 6 heteroatoms. The van der Waals surface area contributed by atoms with Gasteiger partial charge in [0, 0.05) is 6.54 Å². The average molecular weight is 271 g/mol. The van der Waals surface area contributed by atoms with E-state index in [2.05, 4.69) is 11.9 Å². The van der Waals surface area contributed by atoms with E-state index in [1.54, 1.807) is 18.2 Å². The molecule has 2 aromatic rings. The van der Waals surface area contributed by atoms with Gasteiger partial charge in [-0.1, -0.05) is 31.9 Å². The number of nitrogens with two attached hydrogens (primary N) is 1. The van der Waals surface area contributed by atoms with E-state index in [-0.39, 0.29) is 5.95 Å². The van der Waals surface area contributed by atoms with Crippen LogP contribution in [0.5, 0.6) is 0 Å². The number of fused-ring (bicyclic) bond motifs is 1. The van der Waals surface area contributed by atoms with Gasteiger partial charge in [-0.15, -0.1) is 0 Å². The second kappa shape index (κ2) is 6.06. The fourth-order valence-electron chi connectivity index (χ4n) is 2.07. The zero-order valence-corrected chi connectivity index (χ0v) is 11.4. The third-order valence-corrected chi connectivity index (χ3v) is 3.11. The van der Waals surface area contributed by atoms with Crippen molar-refractivity contribution in [2.24, 2.45) is 0 Å². The number of unbranched alkanes of at least 4 members (excludes halogenated alkanes) is 2. The van der Waals surface area contributed by atoms with Crippen LogP contribution < -0.4 is 5.73 Å². The summed E-state index contributed by atoms with van der Waals surface area (Å²) in [5, 5.41) is 9.14. The molecule has 0 bridgehead atoms. The maximum Gasteiger partial charge on any atom is 0.344 e. The van der Waals surface area contributed by atoms with Crippen LogP contribution in [0.3, 0.4) is 0 Å². The van der Waals surface area contributed by atoms with E-state index in [0.29, 0.717) is 17.6 Å². The van der Waals surface area contributed by atoms with Gasteiger partial charge in [-0.05, 0) is 18.6 Å². The Bertz CT molecular complexity index is 655. The average Bonchev–Trinajstić information content (AvgIpc) is 2.79. The van der Waals surface area contributed by atoms with Gasteiger partial charge in [0.15, 0.2) is 6.19 Å². The maximum atomic E-state index is 12.4. The summed E-state index contributed by atoms with van der Waals surface area (Å²) in [4.78, 5) is 17.7. The summed E-state index contributed by atoms with van der Waals surface area (Å²) < 4.78 is 1.28. The van der Waals surface area contributed by atoms with Crippen molar-refractivity contribution in [1.29, 1.82) is 5.26 Å². The van der Waals surface area contributed by atoms with E-state index < -0.39 is 6.03 Å². The Morgan fingerprint density at radius 2 is 2.20 bits per heavy atom. The second-order valence-electron chi connectivity index (χ2n) is 4.54. The number of benzene rings is 1. The van der Waals surface area contributed by atoms with Gasteiger partial charge in [-0.3, -0.25) is 0 Å². The van der Waals surface area contributed by atoms with E-state index in [1.807, 2.05) is 12.3 Å². The largest absolute Gasteiger partial charge is 0.369 e. The van der Waals surface area contributed by atoms with Gasteiger partial charge < -0.3 is 5.73 Å². The SMILES string of the molecule is CCCCCN(C#N)C(=O)n1c(N)nc2ccccc21. The summed E-state index contributed by atoms with van der Waals surface area (Å²) in [6.45, 7) is 2.47. The molecule has 0 aliphatic heterocycles. The van der Waals surface area contributed by atoms with Crippen LogP contribution in [-0.2, 0) is 0 Å². The number of carbonyl (C=O) groups excluding carboxylic acids is 1. The van der Waals surface area contributed by atoms with Crippen LogP contribution in [0.1, 0.15) is 26.2 Å². The predicted molar refractivity (Wildman–Crippen MR) is 76.8 cm³/mol. The quantitative estimate of drug-likeness (QED) is 0.526. The highest BCUT2D eigenvalue weighted by molar-refractivity contribution is 5.93. The first-order valence-electron chi connectivity index (χ1n) is 6.63. The van der Waals surface area contributed by atoms with Crippen molar-refractivity contribution in [3.05, 3.63) is 24.3 Å². The van der Waals surface area contributed by atoms with Crippen LogP contribution >= 0.6 is 0 Å². The number of nitrogen functional groups attached to an aromatic ring is 1. The summed E-state index contributed by atoms with van der Waals surface area (Å²) >= 11 is 0. The summed E-state index contributed by atoms with van der Waals surface area (Å²) in [5.41, 5.74) is 7.06. The summed E-state index contributed by atoms with van der Waals surface area (Å²) in [6.07, 6.45) is 4.72. The van der Waals surface area contributed by atoms with E-state index in [1.165, 1.54) is 4.57 Å². The Kier molecular flexibility index (Phi) is 4.20. The number of rotatable bonds is 4. The second-order valence-corrected chi connectivity index (χ2v) is 4.54. The summed E-state index contributed by atoms with van der Waals surface area (Å²) in [5.74, 6) is 0.104. The van der Waals surface area contributed by atoms with E-state index in [0.717, 1.165) is 24.2 Å². The van der Waals surface area contributed by atoms with Crippen molar-refractivity contribution in [2.45, 2.75) is 26.2 Å². The van der Waals surface area contributed by atoms with Crippen molar-refractivity contribution < 1.29 is 4.79 Å². The molecule has 0 saturated heterocycles. The first kappa shape index (κ1) is 13.9. The highest BCUT2D eigenvalue weighted by Gasteiger charge is 2.20. The Labute approximate surface area is 117 Å². The molecule has 0 aliphatic carbocycles. The van der Waals surface area contributed by atoms with Crippen molar-refractivity contribution in [3.8, 4) is 6.19 Å². The van der Waals surface area contributed by atoms with Crippen LogP contribution in [0.25, 0.3) is 11.0 Å². The van der Waals surface area contributed by atoms with Gasteiger partial charge in [-0.2, -0.15) is 5.26 Å². The zero-order valence-electron chi connectivity index (χ0n) is 11.4. The lowest BCUT2D eigenvalue weighted by atomic mass is 10.2. The lowest BCUT2D eigenvalue weighted by molar-refractivity contribution is 0.219. The standard InChI is InChI=1S/C14H17N5O/c1-2-3-6-9-18(10-15)14(20)19-12-8-5-4-7-11(12)17-13(19)16/h4-5,7-8H,2-3,6,9H2,1H3,(H2,16,17). The molecule has 0 fully saturated rings. The van der Waals surface area contributed by atoms with Crippen molar-refractivity contribution in [2.75, 3.05) is 12.3 Å². The van der Waals surface area contributed by atoms with Crippen molar-refractivity contribution in [3.63, 3.8) is 0 Å². The number of imidazole rings is 1. The molecule has 0 spiro atoms. The number of para-hydroxylation sites is 2. The van der Waals surface area contributed by atoms with Gasteiger partial charge in [0.1, 0.15) is 0 Å². The van der Waals surface area contributed by atoms with Gasteiger partial charge in [0.25, 0.3) is 0 Å². The molecule has 0 radical (unpaired) electrons. The normalized spacial score (nSPS) is 10.4. The molecule has 1 aromatic carbocycles. The summed E-state index contributed by atoms with van der Waals surface area (Å²) in [7, 11) is 0. The van der Waals surface area contributed by atoms with Gasteiger partial charge in [0.2, 0.25) is 5.95 Å². The number of carbonyl (C=O) groups is 1. The maximum absolute atomic E-state index is 12.4. The number of amides is 1. The van der Waals surface area contributed by atoms with Crippen LogP contribution in [0, 0.1) is 11.5 Å². The number of hydrogen-bond acceptors (Lipinski definition) is 4. The van der Waals surface area contributed by atoms with E-state index in [4.69, 9.17) is 11.0 Å². The molecular formula is C14H17N5O. The van der Waals surface area contributed by atoms with Crippen LogP contribution in [-0.4, -0.2) is 27.0 Å². The Morgan fingerprint density at radius 3 is 2.90 bits per heavy atom. The minimum Gasteiger partial charge on any atom is -0.369 e. The predicted octanol–water partition coefficient (Wildman–Crippen LogP) is 2.56. The minimum atomic E-state index is -0.449. The van der Waals surface area contributed by atoms with E-state index in [9.17, 15) is 4.79 Å². The zero-order chi connectivity index (χ0) is 14.5. The lowest BCUT2D eigenvalue weighted by Gasteiger charge is -2.14. The molecule has 0 unspecified atom stereocenters. The van der Waals surface area contributed by atoms with Crippen molar-refractivity contribution >= 4 is 23.0 Å².